The third-order valence-electron chi connectivity index (χ3n) is 13.6. The average molecular weight is 970 g/mol. The molecule has 404 valence electrons. The van der Waals surface area contributed by atoms with E-state index in [-0.39, 0.29) is 31.1 Å². The quantitative estimate of drug-likeness (QED) is 0.0261. The van der Waals surface area contributed by atoms with Gasteiger partial charge in [-0.05, 0) is 96.3 Å². The van der Waals surface area contributed by atoms with Crippen LogP contribution in [0.2, 0.25) is 0 Å². The molecule has 6 nitrogen and oxygen atoms in total. The Balaban J connectivity index is 4.31. The first-order valence-electron chi connectivity index (χ1n) is 30.5. The monoisotopic (exact) mass is 969 g/mol. The molecule has 0 spiro atoms. The fourth-order valence-electron chi connectivity index (χ4n) is 8.96. The second-order valence-electron chi connectivity index (χ2n) is 20.6. The highest BCUT2D eigenvalue weighted by Gasteiger charge is 2.19. The number of unbranched alkanes of at least 4 members (excludes halogenated alkanes) is 39. The molecule has 0 aliphatic rings. The van der Waals surface area contributed by atoms with Gasteiger partial charge in [-0.25, -0.2) is 0 Å². The molecule has 0 aliphatic heterocycles. The van der Waals surface area contributed by atoms with E-state index in [0.717, 1.165) is 57.8 Å². The zero-order valence-electron chi connectivity index (χ0n) is 46.3. The Morgan fingerprint density at radius 2 is 0.478 bits per heavy atom. The van der Waals surface area contributed by atoms with Crippen LogP contribution in [0.3, 0.4) is 0 Å². The first kappa shape index (κ1) is 66.6. The van der Waals surface area contributed by atoms with Crippen molar-refractivity contribution in [1.29, 1.82) is 0 Å². The molecule has 0 N–H and O–H groups in total. The number of ether oxygens (including phenoxy) is 3. The molecule has 0 aromatic rings. The Kier molecular flexibility index (Phi) is 56.2. The van der Waals surface area contributed by atoms with Gasteiger partial charge in [0.05, 0.1) is 0 Å². The van der Waals surface area contributed by atoms with E-state index >= 15 is 0 Å². The van der Waals surface area contributed by atoms with Crippen LogP contribution >= 0.6 is 0 Å². The van der Waals surface area contributed by atoms with E-state index in [1.54, 1.807) is 0 Å². The minimum atomic E-state index is -0.775. The first-order valence-corrected chi connectivity index (χ1v) is 30.5. The largest absolute Gasteiger partial charge is 0.462 e. The highest BCUT2D eigenvalue weighted by Crippen LogP contribution is 2.16. The molecule has 0 unspecified atom stereocenters. The van der Waals surface area contributed by atoms with Crippen LogP contribution in [0.5, 0.6) is 0 Å². The van der Waals surface area contributed by atoms with Gasteiger partial charge in [-0.15, -0.1) is 0 Å². The number of carbonyl (C=O) groups is 3. The molecule has 0 saturated carbocycles. The SMILES string of the molecule is CCCCCC/C=C\CCCCCCCCCC(=O)OC[C@@H](COC(=O)CCCCCCCCCCCCC/C=C\CCCCCCCC)OC(=O)CCCCCCCCC/C=C\CCCCCC. The fraction of sp³-hybridized carbons (Fsp3) is 0.857. The summed E-state index contributed by atoms with van der Waals surface area (Å²) in [5.41, 5.74) is 0. The van der Waals surface area contributed by atoms with E-state index < -0.39 is 6.10 Å². The molecular formula is C63H116O6. The second kappa shape index (κ2) is 58.2. The van der Waals surface area contributed by atoms with Gasteiger partial charge < -0.3 is 14.2 Å². The summed E-state index contributed by atoms with van der Waals surface area (Å²) in [6.07, 6.45) is 69.9. The van der Waals surface area contributed by atoms with Crippen LogP contribution in [0.1, 0.15) is 329 Å². The molecule has 0 amide bonds. The Hall–Kier alpha value is -2.37. The zero-order chi connectivity index (χ0) is 50.0. The second-order valence-corrected chi connectivity index (χ2v) is 20.6. The topological polar surface area (TPSA) is 78.9 Å². The first-order chi connectivity index (χ1) is 34.0. The smallest absolute Gasteiger partial charge is 0.306 e. The van der Waals surface area contributed by atoms with E-state index in [2.05, 4.69) is 57.2 Å². The molecule has 0 fully saturated rings. The van der Waals surface area contributed by atoms with Gasteiger partial charge in [-0.2, -0.15) is 0 Å². The van der Waals surface area contributed by atoms with Crippen molar-refractivity contribution >= 4 is 17.9 Å². The van der Waals surface area contributed by atoms with Crippen LogP contribution in [0, 0.1) is 0 Å². The van der Waals surface area contributed by atoms with E-state index in [0.29, 0.717) is 19.3 Å². The van der Waals surface area contributed by atoms with Crippen molar-refractivity contribution in [3.05, 3.63) is 36.5 Å². The van der Waals surface area contributed by atoms with Gasteiger partial charge in [-0.3, -0.25) is 14.4 Å². The lowest BCUT2D eigenvalue weighted by atomic mass is 10.0. The van der Waals surface area contributed by atoms with Crippen molar-refractivity contribution in [3.63, 3.8) is 0 Å². The van der Waals surface area contributed by atoms with Gasteiger partial charge >= 0.3 is 17.9 Å². The molecular weight excluding hydrogens is 853 g/mol. The molecule has 0 aromatic heterocycles. The van der Waals surface area contributed by atoms with Crippen molar-refractivity contribution in [2.24, 2.45) is 0 Å². The maximum Gasteiger partial charge on any atom is 0.306 e. The molecule has 69 heavy (non-hydrogen) atoms. The number of rotatable bonds is 56. The molecule has 0 radical (unpaired) electrons. The average Bonchev–Trinajstić information content (AvgIpc) is 3.35. The predicted octanol–water partition coefficient (Wildman–Crippen LogP) is 20.4. The van der Waals surface area contributed by atoms with Gasteiger partial charge in [0.15, 0.2) is 6.10 Å². The maximum atomic E-state index is 12.9. The van der Waals surface area contributed by atoms with Crippen LogP contribution in [-0.4, -0.2) is 37.2 Å². The number of hydrogen-bond donors (Lipinski definition) is 0. The lowest BCUT2D eigenvalue weighted by molar-refractivity contribution is -0.167. The highest BCUT2D eigenvalue weighted by atomic mass is 16.6. The van der Waals surface area contributed by atoms with E-state index in [4.69, 9.17) is 14.2 Å². The van der Waals surface area contributed by atoms with Gasteiger partial charge in [0, 0.05) is 19.3 Å². The summed E-state index contributed by atoms with van der Waals surface area (Å²) >= 11 is 0. The van der Waals surface area contributed by atoms with Gasteiger partial charge in [0.1, 0.15) is 13.2 Å². The highest BCUT2D eigenvalue weighted by molar-refractivity contribution is 5.71. The fourth-order valence-corrected chi connectivity index (χ4v) is 8.96. The lowest BCUT2D eigenvalue weighted by Crippen LogP contribution is -2.30. The van der Waals surface area contributed by atoms with Crippen LogP contribution < -0.4 is 0 Å². The lowest BCUT2D eigenvalue weighted by Gasteiger charge is -2.18. The van der Waals surface area contributed by atoms with Gasteiger partial charge in [-0.1, -0.05) is 250 Å². The van der Waals surface area contributed by atoms with Crippen LogP contribution in [0.15, 0.2) is 36.5 Å². The molecule has 0 heterocycles. The summed E-state index contributed by atoms with van der Waals surface area (Å²) in [6.45, 7) is 6.65. The molecule has 0 bridgehead atoms. The molecule has 0 aliphatic carbocycles. The van der Waals surface area contributed by atoms with Crippen molar-refractivity contribution < 1.29 is 28.6 Å². The summed E-state index contributed by atoms with van der Waals surface area (Å²) in [5, 5.41) is 0. The maximum absolute atomic E-state index is 12.9. The number of esters is 3. The summed E-state index contributed by atoms with van der Waals surface area (Å²) in [5.74, 6) is -0.864. The third kappa shape index (κ3) is 56.4. The zero-order valence-corrected chi connectivity index (χ0v) is 46.3. The molecule has 0 aromatic carbocycles. The predicted molar refractivity (Wildman–Crippen MR) is 298 cm³/mol. The van der Waals surface area contributed by atoms with Crippen molar-refractivity contribution in [2.45, 2.75) is 335 Å². The van der Waals surface area contributed by atoms with E-state index in [1.807, 2.05) is 0 Å². The summed E-state index contributed by atoms with van der Waals surface area (Å²) in [6, 6.07) is 0. The van der Waals surface area contributed by atoms with Crippen molar-refractivity contribution in [3.8, 4) is 0 Å². The Morgan fingerprint density at radius 3 is 0.739 bits per heavy atom. The van der Waals surface area contributed by atoms with Crippen molar-refractivity contribution in [2.75, 3.05) is 13.2 Å². The summed E-state index contributed by atoms with van der Waals surface area (Å²) in [7, 11) is 0. The van der Waals surface area contributed by atoms with Crippen molar-refractivity contribution in [1.82, 2.24) is 0 Å². The minimum absolute atomic E-state index is 0.0728. The van der Waals surface area contributed by atoms with Crippen LogP contribution in [-0.2, 0) is 28.6 Å². The Labute approximate surface area is 429 Å². The van der Waals surface area contributed by atoms with Gasteiger partial charge in [0.2, 0.25) is 0 Å². The number of hydrogen-bond acceptors (Lipinski definition) is 6. The number of carbonyl (C=O) groups excluding carboxylic acids is 3. The number of allylic oxidation sites excluding steroid dienone is 6. The standard InChI is InChI=1S/C63H116O6/c1-4-7-10-13-16-19-22-25-28-29-30-31-32-33-36-38-41-44-47-50-53-56-62(65)68-59-60(69-63(66)57-54-51-48-45-42-39-35-27-24-21-18-15-12-9-6-3)58-67-61(64)55-52-49-46-43-40-37-34-26-23-20-17-14-11-8-5-2/h20-21,23-25,28,60H,4-19,22,26-27,29-59H2,1-3H3/b23-20-,24-21-,28-25-/t60-/m0/s1. The summed E-state index contributed by atoms with van der Waals surface area (Å²) in [4.78, 5) is 38.2. The van der Waals surface area contributed by atoms with Crippen LogP contribution in [0.4, 0.5) is 0 Å². The van der Waals surface area contributed by atoms with Gasteiger partial charge in [0.25, 0.3) is 0 Å². The molecule has 0 saturated heterocycles. The van der Waals surface area contributed by atoms with Crippen LogP contribution in [0.25, 0.3) is 0 Å². The molecule has 6 heteroatoms. The normalized spacial score (nSPS) is 12.2. The molecule has 0 rings (SSSR count). The Morgan fingerprint density at radius 1 is 0.275 bits per heavy atom. The third-order valence-corrected chi connectivity index (χ3v) is 13.6. The Bertz CT molecular complexity index is 1160. The minimum Gasteiger partial charge on any atom is -0.462 e. The van der Waals surface area contributed by atoms with E-state index in [1.165, 1.54) is 231 Å². The van der Waals surface area contributed by atoms with E-state index in [9.17, 15) is 14.4 Å². The molecule has 1 atom stereocenters. The summed E-state index contributed by atoms with van der Waals surface area (Å²) < 4.78 is 16.9.